The number of aliphatic carboxylic acids is 1. The zero-order valence-electron chi connectivity index (χ0n) is 14.5. The first kappa shape index (κ1) is 17.7. The van der Waals surface area contributed by atoms with Gasteiger partial charge in [0.15, 0.2) is 0 Å². The Morgan fingerprint density at radius 1 is 1.19 bits per heavy atom. The summed E-state index contributed by atoms with van der Waals surface area (Å²) in [5, 5.41) is 10.0. The highest BCUT2D eigenvalue weighted by Gasteiger charge is 2.59. The molecule has 0 unspecified atom stereocenters. The van der Waals surface area contributed by atoms with E-state index in [1.165, 1.54) is 25.0 Å². The van der Waals surface area contributed by atoms with E-state index in [0.717, 1.165) is 25.5 Å². The molecule has 2 aliphatic heterocycles. The van der Waals surface area contributed by atoms with Crippen LogP contribution in [0.15, 0.2) is 18.2 Å². The van der Waals surface area contributed by atoms with Gasteiger partial charge in [0.25, 0.3) is 5.91 Å². The number of nitrogens with zero attached hydrogens (tertiary/aromatic N) is 2. The van der Waals surface area contributed by atoms with Crippen LogP contribution in [-0.2, 0) is 4.79 Å². The number of carbonyl (C=O) groups is 2. The monoisotopic (exact) mass is 380 g/mol. The SMILES string of the molecule is O=C(c1ccc(F)cc1Cl)N1C[C@H]2CN(C3CCCC3)C[C@@]2(C(=O)O)C1. The average molecular weight is 381 g/mol. The summed E-state index contributed by atoms with van der Waals surface area (Å²) in [6.07, 6.45) is 4.69. The molecule has 0 spiro atoms. The molecule has 1 N–H and O–H groups in total. The summed E-state index contributed by atoms with van der Waals surface area (Å²) in [5.41, 5.74) is -0.689. The second-order valence-electron chi connectivity index (χ2n) is 7.84. The molecule has 1 aliphatic carbocycles. The summed E-state index contributed by atoms with van der Waals surface area (Å²) in [4.78, 5) is 28.9. The molecule has 26 heavy (non-hydrogen) atoms. The highest BCUT2D eigenvalue weighted by atomic mass is 35.5. The number of carboxylic acids is 1. The Kier molecular flexibility index (Phi) is 4.43. The number of hydrogen-bond donors (Lipinski definition) is 1. The molecule has 3 fully saturated rings. The molecule has 0 bridgehead atoms. The molecule has 2 atom stereocenters. The Balaban J connectivity index is 1.54. The zero-order valence-corrected chi connectivity index (χ0v) is 15.2. The quantitative estimate of drug-likeness (QED) is 0.875. The van der Waals surface area contributed by atoms with Crippen molar-refractivity contribution in [3.8, 4) is 0 Å². The standard InChI is InChI=1S/C19H22ClFN2O3/c20-16-7-13(21)5-6-15(16)17(24)23-9-12-8-22(14-3-1-2-4-14)10-19(12,11-23)18(25)26/h5-7,12,14H,1-4,8-11H2,(H,25,26)/t12-,19-/m1/s1. The van der Waals surface area contributed by atoms with Crippen molar-refractivity contribution in [2.75, 3.05) is 26.2 Å². The number of amides is 1. The normalized spacial score (nSPS) is 29.3. The van der Waals surface area contributed by atoms with Gasteiger partial charge in [0, 0.05) is 38.1 Å². The molecule has 1 aromatic rings. The number of likely N-dealkylation sites (tertiary alicyclic amines) is 2. The fourth-order valence-corrected chi connectivity index (χ4v) is 5.19. The van der Waals surface area contributed by atoms with Gasteiger partial charge in [-0.1, -0.05) is 24.4 Å². The smallest absolute Gasteiger partial charge is 0.313 e. The van der Waals surface area contributed by atoms with Crippen LogP contribution in [0.3, 0.4) is 0 Å². The second kappa shape index (κ2) is 6.50. The maximum Gasteiger partial charge on any atom is 0.313 e. The van der Waals surface area contributed by atoms with E-state index in [2.05, 4.69) is 4.90 Å². The van der Waals surface area contributed by atoms with E-state index in [1.54, 1.807) is 4.90 Å². The van der Waals surface area contributed by atoms with Crippen molar-refractivity contribution in [1.29, 1.82) is 0 Å². The van der Waals surface area contributed by atoms with Gasteiger partial charge in [0.2, 0.25) is 0 Å². The molecule has 1 amide bonds. The lowest BCUT2D eigenvalue weighted by Crippen LogP contribution is -2.43. The Hall–Kier alpha value is -1.66. The lowest BCUT2D eigenvalue weighted by atomic mass is 9.81. The van der Waals surface area contributed by atoms with Gasteiger partial charge >= 0.3 is 5.97 Å². The van der Waals surface area contributed by atoms with Crippen molar-refractivity contribution in [2.24, 2.45) is 11.3 Å². The largest absolute Gasteiger partial charge is 0.481 e. The predicted octanol–water partition coefficient (Wildman–Crippen LogP) is 2.88. The molecule has 1 aromatic carbocycles. The van der Waals surface area contributed by atoms with Gasteiger partial charge in [0.1, 0.15) is 11.2 Å². The van der Waals surface area contributed by atoms with Gasteiger partial charge in [-0.05, 0) is 31.0 Å². The van der Waals surface area contributed by atoms with Gasteiger partial charge in [-0.3, -0.25) is 14.5 Å². The van der Waals surface area contributed by atoms with Gasteiger partial charge in [-0.2, -0.15) is 0 Å². The van der Waals surface area contributed by atoms with E-state index in [9.17, 15) is 19.1 Å². The maximum atomic E-state index is 13.2. The van der Waals surface area contributed by atoms with Crippen molar-refractivity contribution in [2.45, 2.75) is 31.7 Å². The third-order valence-corrected chi connectivity index (χ3v) is 6.66. The molecule has 1 saturated carbocycles. The van der Waals surface area contributed by atoms with E-state index in [0.29, 0.717) is 19.1 Å². The Labute approximate surface area is 156 Å². The molecule has 7 heteroatoms. The molecule has 0 radical (unpaired) electrons. The summed E-state index contributed by atoms with van der Waals surface area (Å²) in [6.45, 7) is 1.81. The third-order valence-electron chi connectivity index (χ3n) is 6.35. The molecule has 2 saturated heterocycles. The summed E-state index contributed by atoms with van der Waals surface area (Å²) in [5.74, 6) is -1.73. The molecule has 2 heterocycles. The predicted molar refractivity (Wildman–Crippen MR) is 94.7 cm³/mol. The summed E-state index contributed by atoms with van der Waals surface area (Å²) >= 11 is 6.02. The van der Waals surface area contributed by atoms with Crippen molar-refractivity contribution in [3.05, 3.63) is 34.6 Å². The Morgan fingerprint density at radius 3 is 2.54 bits per heavy atom. The number of fused-ring (bicyclic) bond motifs is 1. The van der Waals surface area contributed by atoms with Crippen molar-refractivity contribution < 1.29 is 19.1 Å². The molecular formula is C19H22ClFN2O3. The summed E-state index contributed by atoms with van der Waals surface area (Å²) in [6, 6.07) is 4.16. The lowest BCUT2D eigenvalue weighted by molar-refractivity contribution is -0.148. The first-order valence-electron chi connectivity index (χ1n) is 9.12. The third kappa shape index (κ3) is 2.79. The number of benzene rings is 1. The van der Waals surface area contributed by atoms with Crippen LogP contribution in [0.25, 0.3) is 0 Å². The zero-order chi connectivity index (χ0) is 18.5. The fraction of sp³-hybridized carbons (Fsp3) is 0.579. The number of rotatable bonds is 3. The van der Waals surface area contributed by atoms with Crippen molar-refractivity contribution >= 4 is 23.5 Å². The van der Waals surface area contributed by atoms with Gasteiger partial charge in [-0.25, -0.2) is 4.39 Å². The average Bonchev–Trinajstić information content (AvgIpc) is 3.28. The molecule has 4 rings (SSSR count). The maximum absolute atomic E-state index is 13.2. The van der Waals surface area contributed by atoms with Crippen LogP contribution in [0.2, 0.25) is 5.02 Å². The minimum absolute atomic E-state index is 0.0593. The first-order valence-corrected chi connectivity index (χ1v) is 9.50. The molecule has 0 aromatic heterocycles. The van der Waals surface area contributed by atoms with Gasteiger partial charge in [-0.15, -0.1) is 0 Å². The van der Waals surface area contributed by atoms with E-state index in [-0.39, 0.29) is 29.0 Å². The topological polar surface area (TPSA) is 60.9 Å². The van der Waals surface area contributed by atoms with Crippen LogP contribution in [0, 0.1) is 17.2 Å². The highest BCUT2D eigenvalue weighted by Crippen LogP contribution is 2.45. The van der Waals surface area contributed by atoms with Crippen LogP contribution >= 0.6 is 11.6 Å². The Bertz CT molecular complexity index is 752. The molecular weight excluding hydrogens is 359 g/mol. The van der Waals surface area contributed by atoms with Crippen LogP contribution in [-0.4, -0.2) is 59.0 Å². The van der Waals surface area contributed by atoms with Crippen LogP contribution in [0.5, 0.6) is 0 Å². The van der Waals surface area contributed by atoms with E-state index >= 15 is 0 Å². The van der Waals surface area contributed by atoms with Gasteiger partial charge in [0.05, 0.1) is 10.6 Å². The summed E-state index contributed by atoms with van der Waals surface area (Å²) < 4.78 is 13.2. The molecule has 5 nitrogen and oxygen atoms in total. The van der Waals surface area contributed by atoms with Crippen LogP contribution in [0.1, 0.15) is 36.0 Å². The summed E-state index contributed by atoms with van der Waals surface area (Å²) in [7, 11) is 0. The van der Waals surface area contributed by atoms with Crippen LogP contribution in [0.4, 0.5) is 4.39 Å². The number of carboxylic acid groups (broad SMARTS) is 1. The second-order valence-corrected chi connectivity index (χ2v) is 8.24. The van der Waals surface area contributed by atoms with Gasteiger partial charge < -0.3 is 10.0 Å². The number of halogens is 2. The highest BCUT2D eigenvalue weighted by molar-refractivity contribution is 6.33. The molecule has 140 valence electrons. The Morgan fingerprint density at radius 2 is 1.92 bits per heavy atom. The van der Waals surface area contributed by atoms with Crippen LogP contribution < -0.4 is 0 Å². The van der Waals surface area contributed by atoms with E-state index in [1.807, 2.05) is 0 Å². The van der Waals surface area contributed by atoms with E-state index < -0.39 is 17.2 Å². The van der Waals surface area contributed by atoms with E-state index in [4.69, 9.17) is 11.6 Å². The van der Waals surface area contributed by atoms with Crippen molar-refractivity contribution in [1.82, 2.24) is 9.80 Å². The molecule has 3 aliphatic rings. The number of hydrogen-bond acceptors (Lipinski definition) is 3. The van der Waals surface area contributed by atoms with Crippen molar-refractivity contribution in [3.63, 3.8) is 0 Å². The first-order chi connectivity index (χ1) is 12.4. The lowest BCUT2D eigenvalue weighted by Gasteiger charge is -2.28. The fourth-order valence-electron chi connectivity index (χ4n) is 4.94. The minimum atomic E-state index is -0.912. The number of carbonyl (C=O) groups excluding carboxylic acids is 1. The minimum Gasteiger partial charge on any atom is -0.481 e.